The van der Waals surface area contributed by atoms with E-state index >= 15 is 0 Å². The van der Waals surface area contributed by atoms with Crippen molar-refractivity contribution in [2.45, 2.75) is 35.0 Å². The first-order valence-corrected chi connectivity index (χ1v) is 26.9. The second kappa shape index (κ2) is 22.0. The van der Waals surface area contributed by atoms with E-state index in [2.05, 4.69) is 79.9 Å². The number of anilines is 8. The summed E-state index contributed by atoms with van der Waals surface area (Å²) in [6.45, 7) is 3.35. The molecular formula is C48H35N15O9S4. The standard InChI is InChI=1S/C48H35N15O9S4/c1-3-40-56-47(59-48(57-40)55-38-10-6-7-11-39(38)76(70,71)72)54-32-14-12-28(13-15-32)41-36(26-51)45(73-46(41)63-60-37-9-5-4-8-29(37)24-49)62-61-42-27(2)35(25-50)43(52-30-16-20-33(21-17-30)74(64,65)66)58-44(42)53-31-18-22-34(23-19-31)75(67,68)69/h4-23H,3H2,1-2H3,(H2,52,53,58)(H,64,65,66)(H,67,68,69)(H,70,71,72)(H2,54,55,56,57,59). The predicted octanol–water partition coefficient (Wildman–Crippen LogP) is 11.0. The molecule has 7 N–H and O–H groups in total. The molecule has 76 heavy (non-hydrogen) atoms. The third-order valence-electron chi connectivity index (χ3n) is 10.7. The van der Waals surface area contributed by atoms with E-state index in [4.69, 9.17) is 0 Å². The van der Waals surface area contributed by atoms with Crippen LogP contribution in [-0.4, -0.2) is 58.8 Å². The number of benzene rings is 5. The maximum atomic E-state index is 12.1. The molecule has 24 nitrogen and oxygen atoms in total. The van der Waals surface area contributed by atoms with E-state index in [9.17, 15) is 54.7 Å². The zero-order valence-electron chi connectivity index (χ0n) is 39.1. The minimum atomic E-state index is -4.60. The van der Waals surface area contributed by atoms with E-state index in [1.54, 1.807) is 61.5 Å². The molecule has 8 aromatic rings. The van der Waals surface area contributed by atoms with Crippen molar-refractivity contribution in [2.75, 3.05) is 21.3 Å². The van der Waals surface area contributed by atoms with Gasteiger partial charge < -0.3 is 21.3 Å². The van der Waals surface area contributed by atoms with Gasteiger partial charge in [-0.25, -0.2) is 4.98 Å². The molecule has 0 unspecified atom stereocenters. The van der Waals surface area contributed by atoms with Gasteiger partial charge in [-0.2, -0.15) is 56.0 Å². The van der Waals surface area contributed by atoms with Crippen LogP contribution in [0.25, 0.3) is 11.1 Å². The molecular weight excluding hydrogens is 1060 g/mol. The van der Waals surface area contributed by atoms with Gasteiger partial charge in [-0.3, -0.25) is 13.7 Å². The largest absolute Gasteiger partial charge is 0.339 e. The quantitative estimate of drug-likeness (QED) is 0.0329. The summed E-state index contributed by atoms with van der Waals surface area (Å²) in [6, 6.07) is 35.0. The summed E-state index contributed by atoms with van der Waals surface area (Å²) in [5.74, 6) is 0.334. The molecule has 0 saturated carbocycles. The minimum Gasteiger partial charge on any atom is -0.339 e. The molecule has 0 saturated heterocycles. The summed E-state index contributed by atoms with van der Waals surface area (Å²) in [5, 5.41) is 61.0. The number of nitriles is 3. The van der Waals surface area contributed by atoms with Crippen molar-refractivity contribution in [3.8, 4) is 29.3 Å². The molecule has 0 atom stereocenters. The van der Waals surface area contributed by atoms with Crippen LogP contribution in [0.15, 0.2) is 156 Å². The lowest BCUT2D eigenvalue weighted by atomic mass is 10.0. The van der Waals surface area contributed by atoms with Gasteiger partial charge in [0.25, 0.3) is 30.4 Å². The van der Waals surface area contributed by atoms with Crippen LogP contribution >= 0.6 is 11.3 Å². The number of nitrogens with one attached hydrogen (secondary N) is 4. The number of aromatic nitrogens is 4. The molecule has 3 aromatic heterocycles. The lowest BCUT2D eigenvalue weighted by Crippen LogP contribution is -2.09. The number of thiophene rings is 1. The number of aryl methyl sites for hydroxylation is 1. The Kier molecular flexibility index (Phi) is 15.3. The molecule has 0 aliphatic heterocycles. The van der Waals surface area contributed by atoms with E-state index < -0.39 is 35.2 Å². The van der Waals surface area contributed by atoms with E-state index in [1.165, 1.54) is 42.5 Å². The number of para-hydroxylation sites is 1. The topological polar surface area (TPSA) is 384 Å². The Morgan fingerprint density at radius 3 is 1.67 bits per heavy atom. The third kappa shape index (κ3) is 12.1. The summed E-state index contributed by atoms with van der Waals surface area (Å²) in [7, 11) is -13.7. The fourth-order valence-corrected chi connectivity index (χ4v) is 9.57. The number of hydrogen-bond donors (Lipinski definition) is 7. The van der Waals surface area contributed by atoms with Crippen LogP contribution in [0.2, 0.25) is 0 Å². The molecule has 0 aliphatic carbocycles. The Hall–Kier alpha value is -9.44. The second-order valence-corrected chi connectivity index (χ2v) is 20.9. The van der Waals surface area contributed by atoms with E-state index in [0.717, 1.165) is 35.6 Å². The zero-order chi connectivity index (χ0) is 54.4. The van der Waals surface area contributed by atoms with Crippen LogP contribution in [0.4, 0.5) is 67.7 Å². The maximum Gasteiger partial charge on any atom is 0.296 e. The maximum absolute atomic E-state index is 12.1. The average molecular weight is 1090 g/mol. The van der Waals surface area contributed by atoms with Gasteiger partial charge in [0.15, 0.2) is 16.6 Å². The van der Waals surface area contributed by atoms with Crippen LogP contribution in [0.5, 0.6) is 0 Å². The smallest absolute Gasteiger partial charge is 0.296 e. The average Bonchev–Trinajstić information content (AvgIpc) is 3.75. The van der Waals surface area contributed by atoms with Gasteiger partial charge in [-0.15, -0.1) is 20.5 Å². The van der Waals surface area contributed by atoms with Gasteiger partial charge >= 0.3 is 0 Å². The van der Waals surface area contributed by atoms with Crippen LogP contribution in [0.3, 0.4) is 0 Å². The number of rotatable bonds is 17. The molecule has 0 spiro atoms. The molecule has 0 amide bonds. The normalized spacial score (nSPS) is 11.7. The van der Waals surface area contributed by atoms with Gasteiger partial charge in [0.2, 0.25) is 11.9 Å². The van der Waals surface area contributed by atoms with E-state index in [1.807, 2.05) is 6.92 Å². The Morgan fingerprint density at radius 2 is 1.09 bits per heavy atom. The predicted molar refractivity (Wildman–Crippen MR) is 279 cm³/mol. The molecule has 0 bridgehead atoms. The van der Waals surface area contributed by atoms with Gasteiger partial charge in [0.1, 0.15) is 50.9 Å². The van der Waals surface area contributed by atoms with Crippen molar-refractivity contribution < 1.29 is 38.9 Å². The van der Waals surface area contributed by atoms with Gasteiger partial charge in [0, 0.05) is 34.6 Å². The minimum absolute atomic E-state index is 0.00372. The Balaban J connectivity index is 1.19. The summed E-state index contributed by atoms with van der Waals surface area (Å²) >= 11 is 0.922. The molecule has 8 rings (SSSR count). The SMILES string of the molecule is CCc1nc(Nc2ccc(-c3c(N=Nc4ccccc4C#N)sc(N=Nc4c(Nc5ccc(S(=O)(=O)O)cc5)nc(Nc5ccc(S(=O)(=O)O)cc5)c(C#N)c4C)c3C#N)cc2)nc(Nc2ccccc2S(=O)(=O)O)n1. The highest BCUT2D eigenvalue weighted by atomic mass is 32.2. The molecule has 0 radical (unpaired) electrons. The van der Waals surface area contributed by atoms with E-state index in [-0.39, 0.29) is 99.6 Å². The van der Waals surface area contributed by atoms with Crippen LogP contribution < -0.4 is 21.3 Å². The number of azo groups is 2. The molecule has 3 heterocycles. The molecule has 5 aromatic carbocycles. The highest BCUT2D eigenvalue weighted by Crippen LogP contribution is 2.49. The highest BCUT2D eigenvalue weighted by Gasteiger charge is 2.24. The van der Waals surface area contributed by atoms with Crippen LogP contribution in [0.1, 0.15) is 35.0 Å². The Labute approximate surface area is 437 Å². The molecule has 380 valence electrons. The third-order valence-corrected chi connectivity index (χ3v) is 14.3. The van der Waals surface area contributed by atoms with Gasteiger partial charge in [0.05, 0.1) is 26.6 Å². The molecule has 28 heteroatoms. The Morgan fingerprint density at radius 1 is 0.553 bits per heavy atom. The van der Waals surface area contributed by atoms with Crippen molar-refractivity contribution in [3.05, 3.63) is 149 Å². The number of hydrogen-bond acceptors (Lipinski definition) is 22. The number of pyridine rings is 1. The molecule has 0 fully saturated rings. The van der Waals surface area contributed by atoms with Crippen LogP contribution in [0, 0.1) is 40.9 Å². The lowest BCUT2D eigenvalue weighted by Gasteiger charge is -2.16. The first-order chi connectivity index (χ1) is 36.3. The fourth-order valence-electron chi connectivity index (χ4n) is 7.05. The monoisotopic (exact) mass is 1090 g/mol. The van der Waals surface area contributed by atoms with E-state index in [0.29, 0.717) is 23.5 Å². The Bertz CT molecular complexity index is 4120. The van der Waals surface area contributed by atoms with Crippen molar-refractivity contribution in [2.24, 2.45) is 20.5 Å². The molecule has 0 aliphatic rings. The first-order valence-electron chi connectivity index (χ1n) is 21.8. The second-order valence-electron chi connectivity index (χ2n) is 15.7. The van der Waals surface area contributed by atoms with Crippen molar-refractivity contribution in [1.29, 1.82) is 15.8 Å². The summed E-state index contributed by atoms with van der Waals surface area (Å²) in [6.07, 6.45) is 0.373. The summed E-state index contributed by atoms with van der Waals surface area (Å²) < 4.78 is 100.0. The van der Waals surface area contributed by atoms with Gasteiger partial charge in [-0.05, 0) is 97.4 Å². The lowest BCUT2D eigenvalue weighted by molar-refractivity contribution is 0.481. The van der Waals surface area contributed by atoms with Crippen LogP contribution in [-0.2, 0) is 36.8 Å². The summed E-state index contributed by atoms with van der Waals surface area (Å²) in [4.78, 5) is 16.7. The van der Waals surface area contributed by atoms with Crippen molar-refractivity contribution in [3.63, 3.8) is 0 Å². The highest BCUT2D eigenvalue weighted by molar-refractivity contribution is 7.86. The number of nitrogens with zero attached hydrogens (tertiary/aromatic N) is 11. The summed E-state index contributed by atoms with van der Waals surface area (Å²) in [5.41, 5.74) is 2.34. The fraction of sp³-hybridized carbons (Fsp3) is 0.0625. The first kappa shape index (κ1) is 52.9. The van der Waals surface area contributed by atoms with Crippen molar-refractivity contribution >= 4 is 109 Å². The zero-order valence-corrected chi connectivity index (χ0v) is 42.4. The van der Waals surface area contributed by atoms with Crippen molar-refractivity contribution in [1.82, 2.24) is 19.9 Å². The van der Waals surface area contributed by atoms with Gasteiger partial charge in [-0.1, -0.05) is 54.7 Å².